The lowest BCUT2D eigenvalue weighted by molar-refractivity contribution is -0.129. The summed E-state index contributed by atoms with van der Waals surface area (Å²) < 4.78 is 5.99. The van der Waals surface area contributed by atoms with Gasteiger partial charge in [-0.25, -0.2) is 0 Å². The molecule has 2 amide bonds. The summed E-state index contributed by atoms with van der Waals surface area (Å²) in [5.74, 6) is 2.57. The predicted octanol–water partition coefficient (Wildman–Crippen LogP) is 2.57. The highest BCUT2D eigenvalue weighted by atomic mass is 32.2. The molecule has 1 aromatic carbocycles. The first-order valence-electron chi connectivity index (χ1n) is 8.13. The van der Waals surface area contributed by atoms with Crippen LogP contribution in [-0.2, 0) is 9.59 Å². The molecule has 132 valence electrons. The van der Waals surface area contributed by atoms with Crippen LogP contribution in [0.2, 0.25) is 0 Å². The van der Waals surface area contributed by atoms with Crippen LogP contribution in [0.25, 0.3) is 0 Å². The molecule has 5 nitrogen and oxygen atoms in total. The van der Waals surface area contributed by atoms with Crippen molar-refractivity contribution in [1.82, 2.24) is 10.6 Å². The highest BCUT2D eigenvalue weighted by molar-refractivity contribution is 8.16. The van der Waals surface area contributed by atoms with E-state index in [0.717, 1.165) is 0 Å². The number of nitrogens with one attached hydrogen (secondary N) is 2. The van der Waals surface area contributed by atoms with Crippen molar-refractivity contribution in [3.05, 3.63) is 29.8 Å². The van der Waals surface area contributed by atoms with Gasteiger partial charge in [-0.05, 0) is 49.5 Å². The van der Waals surface area contributed by atoms with Crippen LogP contribution in [0.1, 0.15) is 30.4 Å². The first-order valence-corrected chi connectivity index (χ1v) is 10.2. The molecule has 7 heteroatoms. The molecule has 2 N–H and O–H groups in total. The van der Waals surface area contributed by atoms with E-state index in [1.54, 1.807) is 6.92 Å². The van der Waals surface area contributed by atoms with Crippen molar-refractivity contribution >= 4 is 35.3 Å². The highest BCUT2D eigenvalue weighted by Gasteiger charge is 2.17. The van der Waals surface area contributed by atoms with Crippen LogP contribution in [0.5, 0.6) is 5.75 Å². The van der Waals surface area contributed by atoms with E-state index >= 15 is 0 Å². The summed E-state index contributed by atoms with van der Waals surface area (Å²) >= 11 is 3.95. The van der Waals surface area contributed by atoms with Crippen LogP contribution in [0.4, 0.5) is 0 Å². The van der Waals surface area contributed by atoms with Gasteiger partial charge in [0.1, 0.15) is 11.8 Å². The minimum Gasteiger partial charge on any atom is -0.484 e. The minimum absolute atomic E-state index is 0.101. The normalized spacial score (nSPS) is 16.2. The number of rotatable bonds is 7. The average Bonchev–Trinajstić information content (AvgIpc) is 2.61. The van der Waals surface area contributed by atoms with Gasteiger partial charge in [-0.2, -0.15) is 0 Å². The van der Waals surface area contributed by atoms with Gasteiger partial charge >= 0.3 is 0 Å². The molecular weight excluding hydrogens is 344 g/mol. The van der Waals surface area contributed by atoms with Gasteiger partial charge in [-0.1, -0.05) is 12.1 Å². The molecule has 2 rings (SSSR count). The van der Waals surface area contributed by atoms with Gasteiger partial charge in [0.25, 0.3) is 5.91 Å². The van der Waals surface area contributed by atoms with Crippen molar-refractivity contribution in [2.45, 2.75) is 30.9 Å². The SMILES string of the molecule is CCNC(=O)[C@@H](C)NC(=O)COc1ccc(C2SCCCS2)cc1. The second-order valence-electron chi connectivity index (χ2n) is 5.47. The van der Waals surface area contributed by atoms with Gasteiger partial charge in [0.05, 0.1) is 4.58 Å². The van der Waals surface area contributed by atoms with E-state index < -0.39 is 6.04 Å². The zero-order chi connectivity index (χ0) is 17.4. The molecule has 0 aromatic heterocycles. The number of hydrogen-bond acceptors (Lipinski definition) is 5. The standard InChI is InChI=1S/C17H24N2O3S2/c1-3-18-16(21)12(2)19-15(20)11-22-14-7-5-13(6-8-14)17-23-9-4-10-24-17/h5-8,12,17H,3-4,9-11H2,1-2H3,(H,18,21)(H,19,20)/t12-/m1/s1. The Labute approximate surface area is 151 Å². The molecule has 0 aliphatic carbocycles. The molecule has 1 heterocycles. The summed E-state index contributed by atoms with van der Waals surface area (Å²) in [5.41, 5.74) is 1.28. The van der Waals surface area contributed by atoms with E-state index in [-0.39, 0.29) is 18.4 Å². The molecule has 0 bridgehead atoms. The van der Waals surface area contributed by atoms with Crippen molar-refractivity contribution in [3.63, 3.8) is 0 Å². The second-order valence-corrected chi connectivity index (χ2v) is 8.19. The van der Waals surface area contributed by atoms with Gasteiger partial charge in [-0.3, -0.25) is 9.59 Å². The van der Waals surface area contributed by atoms with Crippen molar-refractivity contribution in [2.75, 3.05) is 24.7 Å². The van der Waals surface area contributed by atoms with Crippen molar-refractivity contribution < 1.29 is 14.3 Å². The molecular formula is C17H24N2O3S2. The van der Waals surface area contributed by atoms with E-state index in [0.29, 0.717) is 16.9 Å². The number of likely N-dealkylation sites (N-methyl/N-ethyl adjacent to an activating group) is 1. The lowest BCUT2D eigenvalue weighted by atomic mass is 10.2. The third kappa shape index (κ3) is 5.94. The number of benzene rings is 1. The van der Waals surface area contributed by atoms with Gasteiger partial charge in [-0.15, -0.1) is 23.5 Å². The molecule has 0 spiro atoms. The molecule has 1 aromatic rings. The number of carbonyl (C=O) groups is 2. The van der Waals surface area contributed by atoms with Gasteiger partial charge < -0.3 is 15.4 Å². The van der Waals surface area contributed by atoms with Crippen LogP contribution in [0, 0.1) is 0 Å². The van der Waals surface area contributed by atoms with Crippen molar-refractivity contribution in [2.24, 2.45) is 0 Å². The quantitative estimate of drug-likeness (QED) is 0.774. The van der Waals surface area contributed by atoms with Gasteiger partial charge in [0.15, 0.2) is 6.61 Å². The molecule has 24 heavy (non-hydrogen) atoms. The zero-order valence-corrected chi connectivity index (χ0v) is 15.7. The number of hydrogen-bond donors (Lipinski definition) is 2. The van der Waals surface area contributed by atoms with Crippen LogP contribution in [0.15, 0.2) is 24.3 Å². The molecule has 0 saturated carbocycles. The van der Waals surface area contributed by atoms with Crippen molar-refractivity contribution in [3.8, 4) is 5.75 Å². The van der Waals surface area contributed by atoms with Crippen LogP contribution in [-0.4, -0.2) is 42.5 Å². The molecule has 1 saturated heterocycles. The molecule has 1 fully saturated rings. The molecule has 1 aliphatic heterocycles. The van der Waals surface area contributed by atoms with E-state index in [1.807, 2.05) is 42.6 Å². The largest absolute Gasteiger partial charge is 0.484 e. The summed E-state index contributed by atoms with van der Waals surface area (Å²) in [6.45, 7) is 3.93. The van der Waals surface area contributed by atoms with E-state index in [4.69, 9.17) is 4.74 Å². The summed E-state index contributed by atoms with van der Waals surface area (Å²) in [7, 11) is 0. The van der Waals surface area contributed by atoms with Gasteiger partial charge in [0, 0.05) is 6.54 Å². The first-order chi connectivity index (χ1) is 11.6. The fraction of sp³-hybridized carbons (Fsp3) is 0.529. The minimum atomic E-state index is -0.566. The fourth-order valence-corrected chi connectivity index (χ4v) is 5.12. The number of amides is 2. The summed E-state index contributed by atoms with van der Waals surface area (Å²) in [6.07, 6.45) is 1.27. The van der Waals surface area contributed by atoms with E-state index in [1.165, 1.54) is 23.5 Å². The number of thioether (sulfide) groups is 2. The fourth-order valence-electron chi connectivity index (χ4n) is 2.23. The second kappa shape index (κ2) is 9.84. The molecule has 1 aliphatic rings. The number of ether oxygens (including phenoxy) is 1. The smallest absolute Gasteiger partial charge is 0.258 e. The highest BCUT2D eigenvalue weighted by Crippen LogP contribution is 2.43. The summed E-state index contributed by atoms with van der Waals surface area (Å²) in [4.78, 5) is 23.4. The Balaban J connectivity index is 1.77. The molecule has 0 radical (unpaired) electrons. The Morgan fingerprint density at radius 3 is 2.54 bits per heavy atom. The van der Waals surface area contributed by atoms with E-state index in [2.05, 4.69) is 22.8 Å². The molecule has 1 atom stereocenters. The third-order valence-electron chi connectivity index (χ3n) is 3.47. The Morgan fingerprint density at radius 2 is 1.92 bits per heavy atom. The summed E-state index contributed by atoms with van der Waals surface area (Å²) in [6, 6.07) is 7.34. The maximum Gasteiger partial charge on any atom is 0.258 e. The predicted molar refractivity (Wildman–Crippen MR) is 100 cm³/mol. The maximum atomic E-state index is 11.8. The van der Waals surface area contributed by atoms with Crippen LogP contribution in [0.3, 0.4) is 0 Å². The summed E-state index contributed by atoms with van der Waals surface area (Å²) in [5, 5.41) is 5.28. The third-order valence-corrected chi connectivity index (χ3v) is 6.49. The van der Waals surface area contributed by atoms with Gasteiger partial charge in [0.2, 0.25) is 5.91 Å². The maximum absolute atomic E-state index is 11.8. The monoisotopic (exact) mass is 368 g/mol. The van der Waals surface area contributed by atoms with Crippen LogP contribution < -0.4 is 15.4 Å². The van der Waals surface area contributed by atoms with Crippen molar-refractivity contribution in [1.29, 1.82) is 0 Å². The first kappa shape index (κ1) is 19.0. The Hall–Kier alpha value is -1.34. The lowest BCUT2D eigenvalue weighted by Crippen LogP contribution is -2.46. The zero-order valence-electron chi connectivity index (χ0n) is 14.0. The average molecular weight is 369 g/mol. The Morgan fingerprint density at radius 1 is 1.25 bits per heavy atom. The Bertz CT molecular complexity index is 545. The lowest BCUT2D eigenvalue weighted by Gasteiger charge is -2.21. The number of carbonyl (C=O) groups excluding carboxylic acids is 2. The van der Waals surface area contributed by atoms with Crippen LogP contribution >= 0.6 is 23.5 Å². The topological polar surface area (TPSA) is 67.4 Å². The van der Waals surface area contributed by atoms with E-state index in [9.17, 15) is 9.59 Å². The Kier molecular flexibility index (Phi) is 7.78. The molecule has 0 unspecified atom stereocenters.